The number of likely N-dealkylation sites (N-methyl/N-ethyl adjacent to an activating group) is 1. The van der Waals surface area contributed by atoms with E-state index >= 15 is 0 Å². The maximum atomic E-state index is 6.24. The summed E-state index contributed by atoms with van der Waals surface area (Å²) < 4.78 is 0. The number of anilines is 2. The van der Waals surface area contributed by atoms with Gasteiger partial charge in [0.1, 0.15) is 11.6 Å². The molecule has 0 radical (unpaired) electrons. The minimum atomic E-state index is 0.353. The summed E-state index contributed by atoms with van der Waals surface area (Å²) in [6, 6.07) is 20.2. The van der Waals surface area contributed by atoms with E-state index in [9.17, 15) is 0 Å². The van der Waals surface area contributed by atoms with Gasteiger partial charge in [-0.1, -0.05) is 42.5 Å². The Morgan fingerprint density at radius 3 is 2.29 bits per heavy atom. The SMILES string of the molecule is CN1CCN(c2cc(-c3ccc4c(c3)CN(C(=C3CCC3)N3CCC(c5ccccc5)CC3)CC4)nc(N)n2)CC1. The highest BCUT2D eigenvalue weighted by Gasteiger charge is 2.30. The van der Waals surface area contributed by atoms with Gasteiger partial charge in [0.15, 0.2) is 0 Å². The number of rotatable bonds is 5. The Kier molecular flexibility index (Phi) is 7.29. The minimum absolute atomic E-state index is 0.353. The summed E-state index contributed by atoms with van der Waals surface area (Å²) in [6.07, 6.45) is 7.41. The van der Waals surface area contributed by atoms with Gasteiger partial charge >= 0.3 is 0 Å². The van der Waals surface area contributed by atoms with Crippen molar-refractivity contribution in [3.8, 4) is 11.3 Å². The average Bonchev–Trinajstić information content (AvgIpc) is 2.99. The lowest BCUT2D eigenvalue weighted by Gasteiger charge is -2.44. The van der Waals surface area contributed by atoms with E-state index < -0.39 is 0 Å². The largest absolute Gasteiger partial charge is 0.368 e. The molecule has 7 heteroatoms. The van der Waals surface area contributed by atoms with Gasteiger partial charge in [-0.25, -0.2) is 4.98 Å². The Morgan fingerprint density at radius 2 is 1.56 bits per heavy atom. The van der Waals surface area contributed by atoms with E-state index in [1.54, 1.807) is 11.4 Å². The molecule has 0 atom stereocenters. The van der Waals surface area contributed by atoms with Crippen LogP contribution in [0.15, 0.2) is 66.0 Å². The summed E-state index contributed by atoms with van der Waals surface area (Å²) in [4.78, 5) is 19.4. The van der Waals surface area contributed by atoms with Crippen molar-refractivity contribution in [1.82, 2.24) is 24.7 Å². The number of allylic oxidation sites excluding steroid dienone is 1. The lowest BCUT2D eigenvalue weighted by atomic mass is 9.87. The van der Waals surface area contributed by atoms with Crippen LogP contribution in [0, 0.1) is 0 Å². The van der Waals surface area contributed by atoms with Crippen molar-refractivity contribution >= 4 is 11.8 Å². The number of hydrogen-bond donors (Lipinski definition) is 1. The molecular weight excluding hydrogens is 506 g/mol. The maximum absolute atomic E-state index is 6.24. The monoisotopic (exact) mass is 549 g/mol. The van der Waals surface area contributed by atoms with Gasteiger partial charge in [-0.2, -0.15) is 4.98 Å². The molecule has 0 unspecified atom stereocenters. The fourth-order valence-electron chi connectivity index (χ4n) is 7.07. The number of hydrogen-bond acceptors (Lipinski definition) is 7. The molecule has 7 nitrogen and oxygen atoms in total. The third-order valence-corrected chi connectivity index (χ3v) is 9.71. The fraction of sp³-hybridized carbons (Fsp3) is 0.471. The number of piperazine rings is 1. The van der Waals surface area contributed by atoms with Crippen LogP contribution in [0.25, 0.3) is 11.3 Å². The Labute approximate surface area is 244 Å². The molecule has 0 amide bonds. The summed E-state index contributed by atoms with van der Waals surface area (Å²) in [7, 11) is 2.17. The van der Waals surface area contributed by atoms with Crippen molar-refractivity contribution in [2.45, 2.75) is 51.0 Å². The van der Waals surface area contributed by atoms with Crippen LogP contribution in [0.1, 0.15) is 54.7 Å². The normalized spacial score (nSPS) is 20.1. The number of nitrogens with zero attached hydrogens (tertiary/aromatic N) is 6. The van der Waals surface area contributed by atoms with Gasteiger partial charge in [0.25, 0.3) is 0 Å². The Balaban J connectivity index is 1.10. The van der Waals surface area contributed by atoms with Gasteiger partial charge in [-0.15, -0.1) is 0 Å². The molecule has 1 aromatic heterocycles. The van der Waals surface area contributed by atoms with Crippen molar-refractivity contribution in [3.63, 3.8) is 0 Å². The zero-order valence-electron chi connectivity index (χ0n) is 24.4. The molecule has 2 saturated heterocycles. The van der Waals surface area contributed by atoms with Gasteiger partial charge in [-0.3, -0.25) is 0 Å². The fourth-order valence-corrected chi connectivity index (χ4v) is 7.07. The number of fused-ring (bicyclic) bond motifs is 1. The van der Waals surface area contributed by atoms with Gasteiger partial charge in [0.05, 0.1) is 5.69 Å². The number of benzene rings is 2. The lowest BCUT2D eigenvalue weighted by Crippen LogP contribution is -2.44. The third kappa shape index (κ3) is 5.52. The van der Waals surface area contributed by atoms with E-state index in [1.165, 1.54) is 48.8 Å². The van der Waals surface area contributed by atoms with Crippen LogP contribution in [-0.4, -0.2) is 77.5 Å². The molecule has 3 aliphatic heterocycles. The molecule has 2 N–H and O–H groups in total. The predicted molar refractivity (Wildman–Crippen MR) is 167 cm³/mol. The highest BCUT2D eigenvalue weighted by atomic mass is 15.3. The van der Waals surface area contributed by atoms with Crippen LogP contribution in [0.2, 0.25) is 0 Å². The van der Waals surface area contributed by atoms with Crippen LogP contribution in [0.5, 0.6) is 0 Å². The first-order valence-electron chi connectivity index (χ1n) is 15.6. The smallest absolute Gasteiger partial charge is 0.222 e. The topological polar surface area (TPSA) is 64.8 Å². The van der Waals surface area contributed by atoms with E-state index in [4.69, 9.17) is 5.73 Å². The van der Waals surface area contributed by atoms with Crippen molar-refractivity contribution in [2.24, 2.45) is 0 Å². The second kappa shape index (κ2) is 11.4. The van der Waals surface area contributed by atoms with Crippen LogP contribution in [-0.2, 0) is 13.0 Å². The van der Waals surface area contributed by atoms with E-state index in [0.717, 1.165) is 75.9 Å². The zero-order valence-corrected chi connectivity index (χ0v) is 24.4. The summed E-state index contributed by atoms with van der Waals surface area (Å²) in [5.74, 6) is 3.52. The van der Waals surface area contributed by atoms with Gasteiger partial charge < -0.3 is 25.3 Å². The standard InChI is InChI=1S/C34H43N7/c1-38-18-20-39(21-19-38)32-23-31(36-34(35)37-32)29-11-10-26-14-17-41(24-30(26)22-29)33(28-8-5-9-28)40-15-12-27(13-16-40)25-6-3-2-4-7-25/h2-4,6-7,10-11,22-23,27H,5,8-9,12-21,24H2,1H3,(H2,35,36,37). The Morgan fingerprint density at radius 1 is 0.780 bits per heavy atom. The predicted octanol–water partition coefficient (Wildman–Crippen LogP) is 5.11. The molecule has 7 rings (SSSR count). The third-order valence-electron chi connectivity index (χ3n) is 9.71. The van der Waals surface area contributed by atoms with E-state index in [1.807, 2.05) is 0 Å². The second-order valence-corrected chi connectivity index (χ2v) is 12.4. The van der Waals surface area contributed by atoms with Crippen LogP contribution in [0.3, 0.4) is 0 Å². The van der Waals surface area contributed by atoms with Crippen LogP contribution < -0.4 is 10.6 Å². The molecule has 41 heavy (non-hydrogen) atoms. The highest BCUT2D eigenvalue weighted by molar-refractivity contribution is 5.66. The Bertz CT molecular complexity index is 1400. The van der Waals surface area contributed by atoms with Crippen molar-refractivity contribution in [1.29, 1.82) is 0 Å². The minimum Gasteiger partial charge on any atom is -0.368 e. The van der Waals surface area contributed by atoms with Crippen molar-refractivity contribution < 1.29 is 0 Å². The number of likely N-dealkylation sites (tertiary alicyclic amines) is 1. The maximum Gasteiger partial charge on any atom is 0.222 e. The van der Waals surface area contributed by atoms with Gasteiger partial charge in [0.2, 0.25) is 5.95 Å². The van der Waals surface area contributed by atoms with E-state index in [2.05, 4.69) is 91.2 Å². The first kappa shape index (κ1) is 26.3. The summed E-state index contributed by atoms with van der Waals surface area (Å²) in [5, 5.41) is 0. The Hall–Kier alpha value is -3.58. The molecule has 0 spiro atoms. The molecule has 3 fully saturated rings. The number of aromatic nitrogens is 2. The summed E-state index contributed by atoms with van der Waals surface area (Å²) in [6.45, 7) is 8.36. The number of piperidine rings is 1. The average molecular weight is 550 g/mol. The zero-order chi connectivity index (χ0) is 27.8. The lowest BCUT2D eigenvalue weighted by molar-refractivity contribution is 0.159. The van der Waals surface area contributed by atoms with Gasteiger partial charge in [-0.05, 0) is 79.8 Å². The molecule has 4 aliphatic rings. The summed E-state index contributed by atoms with van der Waals surface area (Å²) >= 11 is 0. The number of nitrogen functional groups attached to an aromatic ring is 1. The quantitative estimate of drug-likeness (QED) is 0.474. The van der Waals surface area contributed by atoms with E-state index in [-0.39, 0.29) is 0 Å². The summed E-state index contributed by atoms with van der Waals surface area (Å²) in [5.41, 5.74) is 14.4. The van der Waals surface area contributed by atoms with Crippen LogP contribution in [0.4, 0.5) is 11.8 Å². The molecule has 0 bridgehead atoms. The molecule has 3 aromatic rings. The van der Waals surface area contributed by atoms with Gasteiger partial charge in [0, 0.05) is 64.0 Å². The second-order valence-electron chi connectivity index (χ2n) is 12.4. The number of nitrogens with two attached hydrogens (primary N) is 1. The molecular formula is C34H43N7. The molecule has 2 aromatic carbocycles. The highest BCUT2D eigenvalue weighted by Crippen LogP contribution is 2.38. The van der Waals surface area contributed by atoms with E-state index in [0.29, 0.717) is 11.9 Å². The molecule has 1 aliphatic carbocycles. The van der Waals surface area contributed by atoms with Crippen LogP contribution >= 0.6 is 0 Å². The first-order valence-corrected chi connectivity index (χ1v) is 15.6. The molecule has 4 heterocycles. The van der Waals surface area contributed by atoms with Crippen molar-refractivity contribution in [2.75, 3.05) is 63.5 Å². The molecule has 214 valence electrons. The molecule has 1 saturated carbocycles. The first-order chi connectivity index (χ1) is 20.1. The van der Waals surface area contributed by atoms with Crippen molar-refractivity contribution in [3.05, 3.63) is 82.7 Å².